The van der Waals surface area contributed by atoms with Gasteiger partial charge in [-0.3, -0.25) is 0 Å². The van der Waals surface area contributed by atoms with Gasteiger partial charge in [0.1, 0.15) is 24.6 Å². The van der Waals surface area contributed by atoms with Gasteiger partial charge in [-0.1, -0.05) is 0 Å². The highest BCUT2D eigenvalue weighted by molar-refractivity contribution is 7.92. The van der Waals surface area contributed by atoms with Gasteiger partial charge in [0, 0.05) is 12.6 Å². The Morgan fingerprint density at radius 1 is 1.58 bits per heavy atom. The van der Waals surface area contributed by atoms with E-state index in [1.54, 1.807) is 0 Å². The standard InChI is InChI=1S/C9H14N2O5S3/c1-3-10-7-5-11(2)18(12,13)9-6(7)4-8(17-9)19(14,15)16/h4,7,10H,3,5H2,1-2H3,(H,14,15,16)/t7-/m0/s1. The molecule has 1 atom stereocenters. The molecule has 1 aliphatic heterocycles. The molecule has 0 fully saturated rings. The molecule has 2 rings (SSSR count). The quantitative estimate of drug-likeness (QED) is 0.710. The van der Waals surface area contributed by atoms with Crippen molar-refractivity contribution in [3.8, 4) is 0 Å². The maximum Gasteiger partial charge on any atom is 0.253 e. The largest absolute Gasteiger partial charge is 0.743 e. The van der Waals surface area contributed by atoms with Crippen LogP contribution in [0.5, 0.6) is 0 Å². The molecule has 1 aromatic heterocycles. The Morgan fingerprint density at radius 2 is 2.21 bits per heavy atom. The van der Waals surface area contributed by atoms with Crippen LogP contribution in [0.15, 0.2) is 14.5 Å². The van der Waals surface area contributed by atoms with Crippen LogP contribution >= 0.6 is 11.3 Å². The summed E-state index contributed by atoms with van der Waals surface area (Å²) in [5.74, 6) is 0. The molecule has 1 aliphatic rings. The predicted octanol–water partition coefficient (Wildman–Crippen LogP) is -1.09. The molecule has 19 heavy (non-hydrogen) atoms. The fraction of sp³-hybridized carbons (Fsp3) is 0.556. The average Bonchev–Trinajstić information content (AvgIpc) is 2.72. The molecule has 2 heterocycles. The Bertz CT molecular complexity index is 691. The molecule has 0 bridgehead atoms. The minimum absolute atomic E-state index is 0.0367. The Labute approximate surface area is 116 Å². The third kappa shape index (κ3) is 2.56. The van der Waals surface area contributed by atoms with Crippen molar-refractivity contribution >= 4 is 31.5 Å². The Morgan fingerprint density at radius 3 is 2.74 bits per heavy atom. The molecule has 0 saturated heterocycles. The maximum atomic E-state index is 12.1. The lowest BCUT2D eigenvalue weighted by molar-refractivity contribution is -0.693. The number of hydrogen-bond acceptors (Lipinski definition) is 6. The highest BCUT2D eigenvalue weighted by atomic mass is 32.3. The SMILES string of the molecule is CC[NH2+][C@H]1CN(C)S(=O)(=O)c2sc(S(=O)(=O)[O-])cc21. The fourth-order valence-corrected chi connectivity index (χ4v) is 6.05. The van der Waals surface area contributed by atoms with Crippen LogP contribution in [0.3, 0.4) is 0 Å². The van der Waals surface area contributed by atoms with E-state index < -0.39 is 24.4 Å². The molecule has 1 aromatic rings. The molecule has 0 amide bonds. The van der Waals surface area contributed by atoms with Crippen LogP contribution in [-0.2, 0) is 20.1 Å². The number of rotatable bonds is 3. The van der Waals surface area contributed by atoms with Gasteiger partial charge in [0.2, 0.25) is 0 Å². The Balaban J connectivity index is 2.64. The van der Waals surface area contributed by atoms with Crippen molar-refractivity contribution in [2.45, 2.75) is 21.4 Å². The van der Waals surface area contributed by atoms with Crippen LogP contribution in [0, 0.1) is 0 Å². The lowest BCUT2D eigenvalue weighted by Gasteiger charge is -2.27. The number of thiophene rings is 1. The number of likely N-dealkylation sites (N-methyl/N-ethyl adjacent to an activating group) is 2. The van der Waals surface area contributed by atoms with Crippen molar-refractivity contribution < 1.29 is 26.7 Å². The molecule has 0 spiro atoms. The summed E-state index contributed by atoms with van der Waals surface area (Å²) in [4.78, 5) is 0. The second-order valence-electron chi connectivity index (χ2n) is 4.30. The Hall–Kier alpha value is -0.520. The van der Waals surface area contributed by atoms with E-state index in [2.05, 4.69) is 0 Å². The van der Waals surface area contributed by atoms with Crippen molar-refractivity contribution in [2.75, 3.05) is 20.1 Å². The van der Waals surface area contributed by atoms with E-state index in [1.807, 2.05) is 12.2 Å². The molecular weight excluding hydrogens is 312 g/mol. The van der Waals surface area contributed by atoms with Crippen molar-refractivity contribution in [1.82, 2.24) is 4.31 Å². The summed E-state index contributed by atoms with van der Waals surface area (Å²) in [6, 6.07) is 1.02. The smallest absolute Gasteiger partial charge is 0.253 e. The molecule has 108 valence electrons. The van der Waals surface area contributed by atoms with E-state index in [9.17, 15) is 21.4 Å². The number of hydrogen-bond donors (Lipinski definition) is 1. The van der Waals surface area contributed by atoms with Crippen molar-refractivity contribution in [2.24, 2.45) is 0 Å². The zero-order valence-corrected chi connectivity index (χ0v) is 12.8. The summed E-state index contributed by atoms with van der Waals surface area (Å²) in [5, 5.41) is 1.91. The highest BCUT2D eigenvalue weighted by Crippen LogP contribution is 2.38. The van der Waals surface area contributed by atoms with Crippen LogP contribution in [0.2, 0.25) is 0 Å². The van der Waals surface area contributed by atoms with Crippen LogP contribution in [0.4, 0.5) is 0 Å². The monoisotopic (exact) mass is 326 g/mol. The molecule has 7 nitrogen and oxygen atoms in total. The first kappa shape index (κ1) is 14.9. The van der Waals surface area contributed by atoms with E-state index in [-0.39, 0.29) is 16.8 Å². The lowest BCUT2D eigenvalue weighted by Crippen LogP contribution is -2.86. The van der Waals surface area contributed by atoms with Gasteiger partial charge >= 0.3 is 0 Å². The van der Waals surface area contributed by atoms with E-state index in [1.165, 1.54) is 17.4 Å². The minimum Gasteiger partial charge on any atom is -0.743 e. The molecule has 0 radical (unpaired) electrons. The Kier molecular flexibility index (Phi) is 3.75. The third-order valence-corrected chi connectivity index (χ3v) is 7.74. The lowest BCUT2D eigenvalue weighted by atomic mass is 10.1. The van der Waals surface area contributed by atoms with Crippen molar-refractivity contribution in [1.29, 1.82) is 0 Å². The first-order valence-corrected chi connectivity index (χ1v) is 9.23. The number of nitrogens with zero attached hydrogens (tertiary/aromatic N) is 1. The van der Waals surface area contributed by atoms with E-state index >= 15 is 0 Å². The summed E-state index contributed by atoms with van der Waals surface area (Å²) in [7, 11) is -6.87. The summed E-state index contributed by atoms with van der Waals surface area (Å²) in [6.07, 6.45) is 0. The summed E-state index contributed by atoms with van der Waals surface area (Å²) in [5.41, 5.74) is 0.416. The number of nitrogens with two attached hydrogens (primary N) is 1. The predicted molar refractivity (Wildman–Crippen MR) is 67.3 cm³/mol. The fourth-order valence-electron chi connectivity index (χ4n) is 2.05. The normalized spacial score (nSPS) is 23.2. The maximum absolute atomic E-state index is 12.1. The first-order chi connectivity index (χ1) is 8.67. The number of fused-ring (bicyclic) bond motifs is 1. The molecule has 10 heteroatoms. The molecule has 2 N–H and O–H groups in total. The van der Waals surface area contributed by atoms with Crippen LogP contribution in [0.1, 0.15) is 18.5 Å². The molecule has 0 unspecified atom stereocenters. The molecule has 0 aliphatic carbocycles. The number of quaternary nitrogens is 1. The number of sulfonamides is 1. The van der Waals surface area contributed by atoms with Gasteiger partial charge in [-0.05, 0) is 13.0 Å². The average molecular weight is 326 g/mol. The summed E-state index contributed by atoms with van der Waals surface area (Å²) >= 11 is 0.532. The van der Waals surface area contributed by atoms with Gasteiger partial charge in [-0.15, -0.1) is 11.3 Å². The molecule has 0 aromatic carbocycles. The van der Waals surface area contributed by atoms with Crippen molar-refractivity contribution in [3.05, 3.63) is 11.6 Å². The van der Waals surface area contributed by atoms with E-state index in [4.69, 9.17) is 0 Å². The van der Waals surface area contributed by atoms with Gasteiger partial charge in [-0.25, -0.2) is 16.8 Å². The zero-order valence-electron chi connectivity index (χ0n) is 10.4. The van der Waals surface area contributed by atoms with Crippen LogP contribution < -0.4 is 5.32 Å². The third-order valence-electron chi connectivity index (χ3n) is 2.97. The van der Waals surface area contributed by atoms with Gasteiger partial charge in [0.15, 0.2) is 0 Å². The van der Waals surface area contributed by atoms with Gasteiger partial charge in [-0.2, -0.15) is 4.31 Å². The highest BCUT2D eigenvalue weighted by Gasteiger charge is 2.39. The first-order valence-electron chi connectivity index (χ1n) is 5.57. The second-order valence-corrected chi connectivity index (χ2v) is 9.20. The summed E-state index contributed by atoms with van der Waals surface area (Å²) < 4.78 is 58.1. The van der Waals surface area contributed by atoms with E-state index in [0.717, 1.165) is 6.54 Å². The summed E-state index contributed by atoms with van der Waals surface area (Å²) in [6.45, 7) is 2.91. The van der Waals surface area contributed by atoms with Gasteiger partial charge < -0.3 is 9.87 Å². The topological polar surface area (TPSA) is 111 Å². The molecule has 0 saturated carbocycles. The molecular formula is C9H14N2O5S3. The second kappa shape index (κ2) is 4.79. The van der Waals surface area contributed by atoms with Gasteiger partial charge in [0.05, 0.1) is 13.1 Å². The van der Waals surface area contributed by atoms with Gasteiger partial charge in [0.25, 0.3) is 10.0 Å². The van der Waals surface area contributed by atoms with Crippen LogP contribution in [-0.4, -0.2) is 45.8 Å². The van der Waals surface area contributed by atoms with Crippen molar-refractivity contribution in [3.63, 3.8) is 0 Å². The zero-order chi connectivity index (χ0) is 14.4. The minimum atomic E-state index is -4.63. The van der Waals surface area contributed by atoms with Crippen LogP contribution in [0.25, 0.3) is 0 Å². The van der Waals surface area contributed by atoms with E-state index in [0.29, 0.717) is 16.9 Å².